The first-order valence-corrected chi connectivity index (χ1v) is 5.28. The largest absolute Gasteiger partial charge is 0.396 e. The monoisotopic (exact) mass is 224 g/mol. The van der Waals surface area contributed by atoms with Gasteiger partial charge in [0.25, 0.3) is 0 Å². The van der Waals surface area contributed by atoms with Crippen LogP contribution in [0.1, 0.15) is 6.92 Å². The molecule has 2 heterocycles. The molecule has 6 nitrogen and oxygen atoms in total. The maximum Gasteiger partial charge on any atom is 0.225 e. The highest BCUT2D eigenvalue weighted by atomic mass is 16.5. The van der Waals surface area contributed by atoms with Gasteiger partial charge in [-0.1, -0.05) is 0 Å². The smallest absolute Gasteiger partial charge is 0.225 e. The molecular weight excluding hydrogens is 208 g/mol. The lowest BCUT2D eigenvalue weighted by Gasteiger charge is -2.35. The van der Waals surface area contributed by atoms with Gasteiger partial charge in [0, 0.05) is 13.1 Å². The number of aliphatic hydroxyl groups excluding tert-OH is 1. The fourth-order valence-corrected chi connectivity index (χ4v) is 1.80. The highest BCUT2D eigenvalue weighted by Gasteiger charge is 2.26. The van der Waals surface area contributed by atoms with Crippen molar-refractivity contribution >= 4 is 11.6 Å². The summed E-state index contributed by atoms with van der Waals surface area (Å²) in [4.78, 5) is 10.3. The van der Waals surface area contributed by atoms with Gasteiger partial charge in [-0.15, -0.1) is 0 Å². The molecule has 16 heavy (non-hydrogen) atoms. The van der Waals surface area contributed by atoms with Gasteiger partial charge in [-0.3, -0.25) is 0 Å². The number of ether oxygens (including phenoxy) is 1. The summed E-state index contributed by atoms with van der Waals surface area (Å²) >= 11 is 0. The lowest BCUT2D eigenvalue weighted by atomic mass is 10.2. The van der Waals surface area contributed by atoms with Crippen molar-refractivity contribution in [3.05, 3.63) is 12.4 Å². The van der Waals surface area contributed by atoms with Crippen LogP contribution >= 0.6 is 0 Å². The summed E-state index contributed by atoms with van der Waals surface area (Å²) in [7, 11) is 0. The van der Waals surface area contributed by atoms with Crippen LogP contribution in [-0.2, 0) is 4.74 Å². The van der Waals surface area contributed by atoms with Crippen molar-refractivity contribution in [2.24, 2.45) is 0 Å². The number of nitrogens with zero attached hydrogens (tertiary/aromatic N) is 3. The summed E-state index contributed by atoms with van der Waals surface area (Å²) in [6.07, 6.45) is 3.05. The topological polar surface area (TPSA) is 84.5 Å². The molecule has 0 bridgehead atoms. The third kappa shape index (κ3) is 2.40. The molecule has 2 atom stereocenters. The second-order valence-electron chi connectivity index (χ2n) is 3.97. The first-order chi connectivity index (χ1) is 7.69. The fraction of sp³-hybridized carbons (Fsp3) is 0.600. The molecule has 6 heteroatoms. The van der Waals surface area contributed by atoms with E-state index in [1.165, 1.54) is 0 Å². The summed E-state index contributed by atoms with van der Waals surface area (Å²) < 4.78 is 5.54. The predicted molar refractivity (Wildman–Crippen MR) is 60.1 cm³/mol. The molecule has 1 aromatic rings. The van der Waals surface area contributed by atoms with Gasteiger partial charge >= 0.3 is 0 Å². The van der Waals surface area contributed by atoms with E-state index in [0.29, 0.717) is 18.2 Å². The van der Waals surface area contributed by atoms with Crippen molar-refractivity contribution in [2.45, 2.75) is 19.1 Å². The predicted octanol–water partition coefficient (Wildman–Crippen LogP) is -0.355. The number of anilines is 2. The maximum absolute atomic E-state index is 9.11. The number of nitrogen functional groups attached to an aromatic ring is 1. The molecule has 0 saturated carbocycles. The van der Waals surface area contributed by atoms with Crippen LogP contribution in [-0.4, -0.2) is 47.0 Å². The molecule has 1 aromatic heterocycles. The van der Waals surface area contributed by atoms with Gasteiger partial charge in [-0.25, -0.2) is 9.97 Å². The molecule has 0 amide bonds. The van der Waals surface area contributed by atoms with E-state index in [2.05, 4.69) is 9.97 Å². The third-order valence-corrected chi connectivity index (χ3v) is 2.47. The normalized spacial score (nSPS) is 25.8. The van der Waals surface area contributed by atoms with Crippen LogP contribution in [0.3, 0.4) is 0 Å². The van der Waals surface area contributed by atoms with E-state index in [1.54, 1.807) is 12.4 Å². The molecule has 0 aliphatic carbocycles. The van der Waals surface area contributed by atoms with E-state index in [9.17, 15) is 0 Å². The van der Waals surface area contributed by atoms with Gasteiger partial charge in [0.2, 0.25) is 5.95 Å². The van der Waals surface area contributed by atoms with E-state index < -0.39 is 0 Å². The van der Waals surface area contributed by atoms with Gasteiger partial charge < -0.3 is 20.5 Å². The highest BCUT2D eigenvalue weighted by Crippen LogP contribution is 2.16. The van der Waals surface area contributed by atoms with Crippen molar-refractivity contribution in [3.8, 4) is 0 Å². The highest BCUT2D eigenvalue weighted by molar-refractivity contribution is 5.38. The van der Waals surface area contributed by atoms with Crippen molar-refractivity contribution in [2.75, 3.05) is 30.3 Å². The fourth-order valence-electron chi connectivity index (χ4n) is 1.80. The molecular formula is C10H16N4O2. The number of aliphatic hydroxyl groups is 1. The summed E-state index contributed by atoms with van der Waals surface area (Å²) in [6, 6.07) is 0. The Kier molecular flexibility index (Phi) is 3.21. The number of morpholine rings is 1. The van der Waals surface area contributed by atoms with Crippen LogP contribution in [0, 0.1) is 0 Å². The average molecular weight is 224 g/mol. The lowest BCUT2D eigenvalue weighted by Crippen LogP contribution is -2.48. The molecule has 1 saturated heterocycles. The molecule has 1 aliphatic heterocycles. The Morgan fingerprint density at radius 1 is 1.50 bits per heavy atom. The minimum atomic E-state index is -0.176. The first-order valence-electron chi connectivity index (χ1n) is 5.28. The van der Waals surface area contributed by atoms with E-state index in [1.807, 2.05) is 11.8 Å². The average Bonchev–Trinajstić information content (AvgIpc) is 2.29. The summed E-state index contributed by atoms with van der Waals surface area (Å²) in [5.74, 6) is 0.628. The van der Waals surface area contributed by atoms with Crippen molar-refractivity contribution in [1.29, 1.82) is 0 Å². The van der Waals surface area contributed by atoms with Crippen molar-refractivity contribution in [3.63, 3.8) is 0 Å². The van der Waals surface area contributed by atoms with Gasteiger partial charge in [0.1, 0.15) is 0 Å². The number of hydrogen-bond acceptors (Lipinski definition) is 6. The van der Waals surface area contributed by atoms with Gasteiger partial charge in [0.15, 0.2) is 0 Å². The Morgan fingerprint density at radius 2 is 2.19 bits per heavy atom. The Balaban J connectivity index is 2.11. The minimum absolute atomic E-state index is 0.00973. The van der Waals surface area contributed by atoms with E-state index in [0.717, 1.165) is 6.54 Å². The molecule has 2 unspecified atom stereocenters. The van der Waals surface area contributed by atoms with Crippen molar-refractivity contribution < 1.29 is 9.84 Å². The Labute approximate surface area is 94.1 Å². The van der Waals surface area contributed by atoms with Gasteiger partial charge in [-0.2, -0.15) is 0 Å². The van der Waals surface area contributed by atoms with Crippen LogP contribution in [0.5, 0.6) is 0 Å². The zero-order valence-electron chi connectivity index (χ0n) is 9.21. The van der Waals surface area contributed by atoms with Crippen LogP contribution in [0.2, 0.25) is 0 Å². The standard InChI is InChI=1S/C10H16N4O2/c1-7-4-14(5-9(6-15)16-7)10-12-2-8(11)3-13-10/h2-3,7,9,15H,4-6,11H2,1H3. The Bertz CT molecular complexity index is 343. The number of hydrogen-bond donors (Lipinski definition) is 2. The van der Waals surface area contributed by atoms with Crippen molar-refractivity contribution in [1.82, 2.24) is 9.97 Å². The second-order valence-corrected chi connectivity index (χ2v) is 3.97. The van der Waals surface area contributed by atoms with E-state index in [4.69, 9.17) is 15.6 Å². The SMILES string of the molecule is CC1CN(c2ncc(N)cn2)CC(CO)O1. The summed E-state index contributed by atoms with van der Waals surface area (Å²) in [5, 5.41) is 9.11. The Hall–Kier alpha value is -1.40. The molecule has 0 radical (unpaired) electrons. The van der Waals surface area contributed by atoms with Crippen LogP contribution in [0.15, 0.2) is 12.4 Å². The first kappa shape index (κ1) is 11.1. The minimum Gasteiger partial charge on any atom is -0.396 e. The van der Waals surface area contributed by atoms with Crippen LogP contribution in [0.4, 0.5) is 11.6 Å². The zero-order chi connectivity index (χ0) is 11.5. The molecule has 2 rings (SSSR count). The third-order valence-electron chi connectivity index (χ3n) is 2.47. The molecule has 3 N–H and O–H groups in total. The number of nitrogens with two attached hydrogens (primary N) is 1. The lowest BCUT2D eigenvalue weighted by molar-refractivity contribution is -0.0425. The van der Waals surface area contributed by atoms with Crippen LogP contribution in [0.25, 0.3) is 0 Å². The zero-order valence-corrected chi connectivity index (χ0v) is 9.21. The number of rotatable bonds is 2. The van der Waals surface area contributed by atoms with Crippen LogP contribution < -0.4 is 10.6 Å². The van der Waals surface area contributed by atoms with E-state index in [-0.39, 0.29) is 18.8 Å². The number of aromatic nitrogens is 2. The van der Waals surface area contributed by atoms with Gasteiger partial charge in [-0.05, 0) is 6.92 Å². The molecule has 1 aliphatic rings. The summed E-state index contributed by atoms with van der Waals surface area (Å²) in [5.41, 5.74) is 6.07. The Morgan fingerprint density at radius 3 is 2.81 bits per heavy atom. The van der Waals surface area contributed by atoms with Gasteiger partial charge in [0.05, 0.1) is 36.9 Å². The molecule has 0 aromatic carbocycles. The molecule has 88 valence electrons. The summed E-state index contributed by atoms with van der Waals surface area (Å²) in [6.45, 7) is 3.30. The molecule has 0 spiro atoms. The maximum atomic E-state index is 9.11. The molecule has 1 fully saturated rings. The quantitative estimate of drug-likeness (QED) is 0.714. The second kappa shape index (κ2) is 4.63. The van der Waals surface area contributed by atoms with E-state index >= 15 is 0 Å².